The van der Waals surface area contributed by atoms with Gasteiger partial charge < -0.3 is 0 Å². The van der Waals surface area contributed by atoms with Crippen molar-refractivity contribution < 1.29 is 4.92 Å². The molecule has 0 amide bonds. The van der Waals surface area contributed by atoms with Crippen molar-refractivity contribution in [3.63, 3.8) is 0 Å². The number of nitro groups is 1. The highest BCUT2D eigenvalue weighted by molar-refractivity contribution is 7.99. The van der Waals surface area contributed by atoms with Gasteiger partial charge in [0.15, 0.2) is 0 Å². The third-order valence-corrected chi connectivity index (χ3v) is 2.96. The van der Waals surface area contributed by atoms with Gasteiger partial charge in [-0.3, -0.25) is 15.1 Å². The Hall–Kier alpha value is -2.46. The van der Waals surface area contributed by atoms with Gasteiger partial charge in [-0.25, -0.2) is 4.98 Å². The van der Waals surface area contributed by atoms with Gasteiger partial charge in [0, 0.05) is 23.4 Å². The van der Waals surface area contributed by atoms with Crippen molar-refractivity contribution >= 4 is 17.4 Å². The molecule has 1 aromatic heterocycles. The fraction of sp³-hybridized carbons (Fsp3) is 0. The van der Waals surface area contributed by atoms with E-state index < -0.39 is 4.92 Å². The fourth-order valence-corrected chi connectivity index (χ4v) is 2.05. The molecule has 0 atom stereocenters. The van der Waals surface area contributed by atoms with Crippen molar-refractivity contribution in [2.75, 3.05) is 0 Å². The fourth-order valence-electron chi connectivity index (χ4n) is 1.28. The third-order valence-electron chi connectivity index (χ3n) is 2.05. The molecule has 0 fully saturated rings. The summed E-state index contributed by atoms with van der Waals surface area (Å²) in [5.41, 5.74) is -0.158. The summed E-state index contributed by atoms with van der Waals surface area (Å²) in [6, 6.07) is 6.22. The molecule has 0 N–H and O–H groups in total. The van der Waals surface area contributed by atoms with Crippen molar-refractivity contribution in [2.24, 2.45) is 0 Å². The van der Waals surface area contributed by atoms with E-state index in [1.165, 1.54) is 23.9 Å². The summed E-state index contributed by atoms with van der Waals surface area (Å²) in [5.74, 6) is 0. The Bertz CT molecular complexity index is 625. The molecular formula is C11H6N4O2S. The number of nitriles is 1. The van der Waals surface area contributed by atoms with Gasteiger partial charge in [0.25, 0.3) is 5.69 Å². The third kappa shape index (κ3) is 2.61. The summed E-state index contributed by atoms with van der Waals surface area (Å²) >= 11 is 1.25. The van der Waals surface area contributed by atoms with Gasteiger partial charge >= 0.3 is 0 Å². The molecular weight excluding hydrogens is 252 g/mol. The SMILES string of the molecule is N#Cc1ccc(Sc2cnccn2)cc1[N+](=O)[O-]. The summed E-state index contributed by atoms with van der Waals surface area (Å²) in [5, 5.41) is 20.2. The first-order chi connectivity index (χ1) is 8.70. The summed E-state index contributed by atoms with van der Waals surface area (Å²) in [4.78, 5) is 18.8. The number of nitro benzene ring substituents is 1. The predicted octanol–water partition coefficient (Wildman–Crippen LogP) is 2.41. The molecule has 0 saturated heterocycles. The minimum absolute atomic E-state index is 0.0449. The van der Waals surface area contributed by atoms with Gasteiger partial charge in [-0.05, 0) is 12.1 Å². The van der Waals surface area contributed by atoms with Crippen LogP contribution in [0.5, 0.6) is 0 Å². The van der Waals surface area contributed by atoms with Gasteiger partial charge in [-0.1, -0.05) is 11.8 Å². The van der Waals surface area contributed by atoms with Gasteiger partial charge in [0.05, 0.1) is 11.1 Å². The molecule has 0 saturated carbocycles. The lowest BCUT2D eigenvalue weighted by atomic mass is 10.2. The van der Waals surface area contributed by atoms with Crippen LogP contribution in [0.25, 0.3) is 0 Å². The second-order valence-corrected chi connectivity index (χ2v) is 4.29. The smallest absolute Gasteiger partial charge is 0.260 e. The van der Waals surface area contributed by atoms with E-state index in [9.17, 15) is 10.1 Å². The minimum atomic E-state index is -0.570. The largest absolute Gasteiger partial charge is 0.288 e. The van der Waals surface area contributed by atoms with Crippen LogP contribution in [0.1, 0.15) is 5.56 Å². The Labute approximate surface area is 106 Å². The standard InChI is InChI=1S/C11H6N4O2S/c12-6-8-1-2-9(5-10(8)15(16)17)18-11-7-13-3-4-14-11/h1-5,7H. The zero-order chi connectivity index (χ0) is 13.0. The quantitative estimate of drug-likeness (QED) is 0.620. The summed E-state index contributed by atoms with van der Waals surface area (Å²) in [7, 11) is 0. The lowest BCUT2D eigenvalue weighted by molar-refractivity contribution is -0.385. The molecule has 0 radical (unpaired) electrons. The first kappa shape index (κ1) is 12.0. The Balaban J connectivity index is 2.34. The Kier molecular flexibility index (Phi) is 3.50. The van der Waals surface area contributed by atoms with Crippen LogP contribution in [0.3, 0.4) is 0 Å². The van der Waals surface area contributed by atoms with Crippen molar-refractivity contribution in [3.05, 3.63) is 52.5 Å². The maximum atomic E-state index is 10.8. The number of hydrogen-bond acceptors (Lipinski definition) is 6. The number of aromatic nitrogens is 2. The van der Waals surface area contributed by atoms with Crippen LogP contribution >= 0.6 is 11.8 Å². The molecule has 0 aliphatic rings. The van der Waals surface area contributed by atoms with E-state index in [1.54, 1.807) is 30.7 Å². The van der Waals surface area contributed by atoms with E-state index in [0.717, 1.165) is 0 Å². The average Bonchev–Trinajstić information content (AvgIpc) is 2.40. The normalized spacial score (nSPS) is 9.72. The van der Waals surface area contributed by atoms with E-state index in [-0.39, 0.29) is 11.3 Å². The number of rotatable bonds is 3. The number of nitrogens with zero attached hydrogens (tertiary/aromatic N) is 4. The highest BCUT2D eigenvalue weighted by Crippen LogP contribution is 2.29. The first-order valence-corrected chi connectivity index (χ1v) is 5.65. The Morgan fingerprint density at radius 2 is 2.22 bits per heavy atom. The molecule has 7 heteroatoms. The van der Waals surface area contributed by atoms with Crippen LogP contribution in [0.4, 0.5) is 5.69 Å². The molecule has 0 bridgehead atoms. The predicted molar refractivity (Wildman–Crippen MR) is 64.0 cm³/mol. The van der Waals surface area contributed by atoms with Gasteiger partial charge in [0.2, 0.25) is 0 Å². The lowest BCUT2D eigenvalue weighted by Gasteiger charge is -2.01. The van der Waals surface area contributed by atoms with E-state index in [2.05, 4.69) is 9.97 Å². The minimum Gasteiger partial charge on any atom is -0.260 e. The van der Waals surface area contributed by atoms with E-state index in [4.69, 9.17) is 5.26 Å². The van der Waals surface area contributed by atoms with E-state index in [0.29, 0.717) is 9.92 Å². The monoisotopic (exact) mass is 258 g/mol. The van der Waals surface area contributed by atoms with Crippen molar-refractivity contribution in [3.8, 4) is 6.07 Å². The molecule has 2 rings (SSSR count). The first-order valence-electron chi connectivity index (χ1n) is 4.83. The highest BCUT2D eigenvalue weighted by Gasteiger charge is 2.14. The van der Waals surface area contributed by atoms with E-state index in [1.807, 2.05) is 0 Å². The molecule has 18 heavy (non-hydrogen) atoms. The second-order valence-electron chi connectivity index (χ2n) is 3.19. The highest BCUT2D eigenvalue weighted by atomic mass is 32.2. The van der Waals surface area contributed by atoms with Crippen LogP contribution in [-0.2, 0) is 0 Å². The zero-order valence-corrected chi connectivity index (χ0v) is 9.79. The zero-order valence-electron chi connectivity index (χ0n) is 8.98. The topological polar surface area (TPSA) is 92.7 Å². The molecule has 88 valence electrons. The van der Waals surface area contributed by atoms with Crippen LogP contribution < -0.4 is 0 Å². The molecule has 0 unspecified atom stereocenters. The van der Waals surface area contributed by atoms with Crippen LogP contribution in [-0.4, -0.2) is 14.9 Å². The molecule has 0 aliphatic heterocycles. The lowest BCUT2D eigenvalue weighted by Crippen LogP contribution is -1.92. The molecule has 1 aromatic carbocycles. The van der Waals surface area contributed by atoms with Crippen LogP contribution in [0, 0.1) is 21.4 Å². The van der Waals surface area contributed by atoms with Gasteiger partial charge in [0.1, 0.15) is 16.7 Å². The van der Waals surface area contributed by atoms with Crippen molar-refractivity contribution in [1.29, 1.82) is 5.26 Å². The summed E-state index contributed by atoms with van der Waals surface area (Å²) < 4.78 is 0. The molecule has 2 aromatic rings. The summed E-state index contributed by atoms with van der Waals surface area (Å²) in [6.07, 6.45) is 4.65. The van der Waals surface area contributed by atoms with Crippen molar-refractivity contribution in [1.82, 2.24) is 9.97 Å². The Morgan fingerprint density at radius 1 is 1.39 bits per heavy atom. The van der Waals surface area contributed by atoms with E-state index >= 15 is 0 Å². The van der Waals surface area contributed by atoms with Crippen LogP contribution in [0.2, 0.25) is 0 Å². The number of benzene rings is 1. The maximum absolute atomic E-state index is 10.8. The molecule has 0 spiro atoms. The average molecular weight is 258 g/mol. The molecule has 6 nitrogen and oxygen atoms in total. The van der Waals surface area contributed by atoms with Gasteiger partial charge in [-0.2, -0.15) is 5.26 Å². The molecule has 0 aliphatic carbocycles. The summed E-state index contributed by atoms with van der Waals surface area (Å²) in [6.45, 7) is 0. The van der Waals surface area contributed by atoms with Gasteiger partial charge in [-0.15, -0.1) is 0 Å². The molecule has 1 heterocycles. The maximum Gasteiger partial charge on any atom is 0.288 e. The number of hydrogen-bond donors (Lipinski definition) is 0. The second kappa shape index (κ2) is 5.25. The Morgan fingerprint density at radius 3 is 2.83 bits per heavy atom. The van der Waals surface area contributed by atoms with Crippen LogP contribution in [0.15, 0.2) is 46.7 Å². The van der Waals surface area contributed by atoms with Crippen molar-refractivity contribution in [2.45, 2.75) is 9.92 Å².